The van der Waals surface area contributed by atoms with Gasteiger partial charge in [-0.15, -0.1) is 0 Å². The van der Waals surface area contributed by atoms with Crippen molar-refractivity contribution in [2.75, 3.05) is 0 Å². The maximum atomic E-state index is 13.0. The Hall–Kier alpha value is -2.94. The summed E-state index contributed by atoms with van der Waals surface area (Å²) in [5.41, 5.74) is 3.61. The summed E-state index contributed by atoms with van der Waals surface area (Å²) in [7, 11) is 0. The van der Waals surface area contributed by atoms with Crippen molar-refractivity contribution in [3.05, 3.63) is 94.6 Å². The van der Waals surface area contributed by atoms with Gasteiger partial charge in [-0.05, 0) is 37.5 Å². The van der Waals surface area contributed by atoms with Gasteiger partial charge in [0.1, 0.15) is 0 Å². The second kappa shape index (κ2) is 7.31. The first-order valence-corrected chi connectivity index (χ1v) is 8.30. The molecule has 0 aromatic heterocycles. The predicted molar refractivity (Wildman–Crippen MR) is 97.4 cm³/mol. The third-order valence-electron chi connectivity index (χ3n) is 4.39. The number of esters is 1. The normalized spacial score (nSPS) is 14.1. The van der Waals surface area contributed by atoms with E-state index in [1.165, 1.54) is 0 Å². The van der Waals surface area contributed by atoms with Crippen LogP contribution in [0.15, 0.2) is 72.3 Å². The van der Waals surface area contributed by atoms with E-state index in [-0.39, 0.29) is 5.78 Å². The number of ether oxygens (including phenoxy) is 1. The van der Waals surface area contributed by atoms with Gasteiger partial charge in [0.2, 0.25) is 5.78 Å². The van der Waals surface area contributed by atoms with Crippen LogP contribution in [-0.2, 0) is 9.53 Å². The molecule has 3 rings (SSSR count). The average Bonchev–Trinajstić information content (AvgIpc) is 3.15. The molecule has 0 spiro atoms. The molecule has 1 unspecified atom stereocenters. The minimum absolute atomic E-state index is 0.166. The Morgan fingerprint density at radius 3 is 2.28 bits per heavy atom. The summed E-state index contributed by atoms with van der Waals surface area (Å²) >= 11 is 0. The molecule has 0 heterocycles. The number of rotatable bonds is 5. The number of allylic oxidation sites excluding steroid dienone is 3. The van der Waals surface area contributed by atoms with Crippen molar-refractivity contribution >= 4 is 11.8 Å². The van der Waals surface area contributed by atoms with Crippen LogP contribution in [0.5, 0.6) is 0 Å². The summed E-state index contributed by atoms with van der Waals surface area (Å²) in [5, 5.41) is 0. The van der Waals surface area contributed by atoms with E-state index in [0.717, 1.165) is 16.7 Å². The van der Waals surface area contributed by atoms with Crippen LogP contribution < -0.4 is 0 Å². The molecule has 0 radical (unpaired) electrons. The molecular weight excluding hydrogens is 312 g/mol. The zero-order valence-corrected chi connectivity index (χ0v) is 14.4. The molecule has 2 aromatic carbocycles. The molecule has 0 amide bonds. The number of benzene rings is 2. The van der Waals surface area contributed by atoms with Crippen molar-refractivity contribution in [3.63, 3.8) is 0 Å². The largest absolute Gasteiger partial charge is 0.445 e. The maximum absolute atomic E-state index is 13.0. The second-order valence-corrected chi connectivity index (χ2v) is 6.15. The van der Waals surface area contributed by atoms with E-state index in [0.29, 0.717) is 17.6 Å². The molecule has 2 aromatic rings. The Bertz CT molecular complexity index is 874. The number of Topliss-reactive ketones (excluding diaryl/α,β-unsaturated/α-hetero) is 1. The maximum Gasteiger partial charge on any atom is 0.339 e. The van der Waals surface area contributed by atoms with Gasteiger partial charge in [0.15, 0.2) is 6.10 Å². The van der Waals surface area contributed by atoms with Crippen molar-refractivity contribution in [3.8, 4) is 0 Å². The van der Waals surface area contributed by atoms with Gasteiger partial charge < -0.3 is 4.74 Å². The van der Waals surface area contributed by atoms with Crippen LogP contribution in [0, 0.1) is 13.8 Å². The minimum atomic E-state index is -0.931. The zero-order chi connectivity index (χ0) is 17.8. The van der Waals surface area contributed by atoms with E-state index in [2.05, 4.69) is 0 Å². The lowest BCUT2D eigenvalue weighted by atomic mass is 9.95. The van der Waals surface area contributed by atoms with Crippen molar-refractivity contribution in [1.29, 1.82) is 0 Å². The Balaban J connectivity index is 1.94. The molecule has 3 heteroatoms. The summed E-state index contributed by atoms with van der Waals surface area (Å²) < 4.78 is 5.70. The van der Waals surface area contributed by atoms with Crippen molar-refractivity contribution in [2.24, 2.45) is 0 Å². The fraction of sp³-hybridized carbons (Fsp3) is 0.182. The Kier molecular flexibility index (Phi) is 4.94. The molecule has 1 atom stereocenters. The number of carbonyl (C=O) groups is 2. The van der Waals surface area contributed by atoms with Gasteiger partial charge in [0.05, 0.1) is 5.56 Å². The SMILES string of the molecule is Cc1ccccc1C(=O)OC(C(=O)C1=CC=CC1)c1ccccc1C. The third-order valence-corrected chi connectivity index (χ3v) is 4.39. The minimum Gasteiger partial charge on any atom is -0.445 e. The summed E-state index contributed by atoms with van der Waals surface area (Å²) in [6.45, 7) is 3.77. The Morgan fingerprint density at radius 1 is 0.960 bits per heavy atom. The summed E-state index contributed by atoms with van der Waals surface area (Å²) in [4.78, 5) is 25.6. The smallest absolute Gasteiger partial charge is 0.339 e. The van der Waals surface area contributed by atoms with Gasteiger partial charge in [-0.2, -0.15) is 0 Å². The number of hydrogen-bond donors (Lipinski definition) is 0. The van der Waals surface area contributed by atoms with E-state index in [1.54, 1.807) is 18.2 Å². The third kappa shape index (κ3) is 3.61. The molecule has 25 heavy (non-hydrogen) atoms. The monoisotopic (exact) mass is 332 g/mol. The fourth-order valence-corrected chi connectivity index (χ4v) is 2.91. The highest BCUT2D eigenvalue weighted by Gasteiger charge is 2.29. The average molecular weight is 332 g/mol. The molecule has 0 saturated heterocycles. The topological polar surface area (TPSA) is 43.4 Å². The second-order valence-electron chi connectivity index (χ2n) is 6.15. The molecule has 0 aliphatic heterocycles. The lowest BCUT2D eigenvalue weighted by Crippen LogP contribution is -2.22. The molecule has 0 N–H and O–H groups in total. The summed E-state index contributed by atoms with van der Waals surface area (Å²) in [6, 6.07) is 14.7. The molecular formula is C22H20O3. The van der Waals surface area contributed by atoms with Gasteiger partial charge in [-0.3, -0.25) is 4.79 Å². The lowest BCUT2D eigenvalue weighted by Gasteiger charge is -2.20. The van der Waals surface area contributed by atoms with Crippen LogP contribution in [0.2, 0.25) is 0 Å². The van der Waals surface area contributed by atoms with Crippen molar-refractivity contribution in [1.82, 2.24) is 0 Å². The van der Waals surface area contributed by atoms with E-state index in [4.69, 9.17) is 4.74 Å². The molecule has 0 fully saturated rings. The molecule has 3 nitrogen and oxygen atoms in total. The first-order valence-electron chi connectivity index (χ1n) is 8.30. The lowest BCUT2D eigenvalue weighted by molar-refractivity contribution is -0.124. The highest BCUT2D eigenvalue weighted by Crippen LogP contribution is 2.29. The van der Waals surface area contributed by atoms with Gasteiger partial charge in [-0.25, -0.2) is 4.79 Å². The van der Waals surface area contributed by atoms with Crippen LogP contribution in [0.3, 0.4) is 0 Å². The molecule has 1 aliphatic rings. The number of ketones is 1. The first kappa shape index (κ1) is 16.9. The molecule has 0 saturated carbocycles. The number of aryl methyl sites for hydroxylation is 2. The Morgan fingerprint density at radius 2 is 1.64 bits per heavy atom. The fourth-order valence-electron chi connectivity index (χ4n) is 2.91. The van der Waals surface area contributed by atoms with Gasteiger partial charge >= 0.3 is 5.97 Å². The molecule has 0 bridgehead atoms. The first-order chi connectivity index (χ1) is 12.1. The van der Waals surface area contributed by atoms with Gasteiger partial charge in [0, 0.05) is 11.1 Å². The summed E-state index contributed by atoms with van der Waals surface area (Å²) in [5.74, 6) is -0.646. The standard InChI is InChI=1S/C22H20O3/c1-15-9-3-7-13-18(15)21(20(23)17-11-5-6-12-17)25-22(24)19-14-8-4-10-16(19)2/h3-11,13-14,21H,12H2,1-2H3. The molecule has 1 aliphatic carbocycles. The van der Waals surface area contributed by atoms with E-state index < -0.39 is 12.1 Å². The number of carbonyl (C=O) groups excluding carboxylic acids is 2. The number of hydrogen-bond acceptors (Lipinski definition) is 3. The van der Waals surface area contributed by atoms with Crippen LogP contribution >= 0.6 is 0 Å². The van der Waals surface area contributed by atoms with Gasteiger partial charge in [-0.1, -0.05) is 60.7 Å². The highest BCUT2D eigenvalue weighted by molar-refractivity contribution is 6.02. The van der Waals surface area contributed by atoms with E-state index in [9.17, 15) is 9.59 Å². The van der Waals surface area contributed by atoms with E-state index in [1.807, 2.05) is 62.4 Å². The predicted octanol–water partition coefficient (Wildman–Crippen LogP) is 4.66. The zero-order valence-electron chi connectivity index (χ0n) is 14.4. The van der Waals surface area contributed by atoms with Crippen LogP contribution in [-0.4, -0.2) is 11.8 Å². The highest BCUT2D eigenvalue weighted by atomic mass is 16.5. The van der Waals surface area contributed by atoms with Crippen molar-refractivity contribution in [2.45, 2.75) is 26.4 Å². The quantitative estimate of drug-likeness (QED) is 0.748. The molecule has 126 valence electrons. The Labute approximate surface area is 147 Å². The van der Waals surface area contributed by atoms with E-state index >= 15 is 0 Å². The van der Waals surface area contributed by atoms with Crippen LogP contribution in [0.4, 0.5) is 0 Å². The van der Waals surface area contributed by atoms with Crippen LogP contribution in [0.25, 0.3) is 0 Å². The van der Waals surface area contributed by atoms with Crippen molar-refractivity contribution < 1.29 is 14.3 Å². The summed E-state index contributed by atoms with van der Waals surface area (Å²) in [6.07, 6.45) is 5.20. The van der Waals surface area contributed by atoms with Gasteiger partial charge in [0.25, 0.3) is 0 Å². The van der Waals surface area contributed by atoms with Crippen LogP contribution in [0.1, 0.15) is 39.6 Å².